The van der Waals surface area contributed by atoms with E-state index in [1.807, 2.05) is 36.4 Å². The van der Waals surface area contributed by atoms with Crippen molar-refractivity contribution < 1.29 is 13.9 Å². The van der Waals surface area contributed by atoms with Crippen LogP contribution in [0.4, 0.5) is 4.39 Å². The Morgan fingerprint density at radius 1 is 1.05 bits per heavy atom. The minimum atomic E-state index is -0.336. The molecule has 0 saturated heterocycles. The van der Waals surface area contributed by atoms with E-state index in [1.54, 1.807) is 0 Å². The number of hydrogen-bond donors (Lipinski definition) is 1. The highest BCUT2D eigenvalue weighted by molar-refractivity contribution is 6.19. The Labute approximate surface area is 120 Å². The molecule has 0 unspecified atom stereocenters. The number of hydrogen-bond acceptors (Lipinski definition) is 2. The van der Waals surface area contributed by atoms with Crippen molar-refractivity contribution in [1.82, 2.24) is 4.57 Å². The number of fused-ring (bicyclic) bond motifs is 5. The Hall–Kier alpha value is -2.49. The first-order chi connectivity index (χ1) is 10.3. The summed E-state index contributed by atoms with van der Waals surface area (Å²) in [5, 5.41) is 12.6. The van der Waals surface area contributed by atoms with E-state index in [0.29, 0.717) is 23.9 Å². The Balaban J connectivity index is 2.17. The molecule has 106 valence electrons. The highest BCUT2D eigenvalue weighted by atomic mass is 19.1. The molecule has 4 heteroatoms. The zero-order valence-corrected chi connectivity index (χ0v) is 11.3. The fourth-order valence-corrected chi connectivity index (χ4v) is 3.07. The maximum atomic E-state index is 12.6. The first-order valence-electron chi connectivity index (χ1n) is 6.97. The molecule has 0 aliphatic rings. The van der Waals surface area contributed by atoms with Crippen molar-refractivity contribution in [2.75, 3.05) is 6.67 Å². The number of nitrogens with zero attached hydrogens (tertiary/aromatic N) is 1. The third-order valence-electron chi connectivity index (χ3n) is 3.97. The van der Waals surface area contributed by atoms with Crippen molar-refractivity contribution in [3.8, 4) is 5.75 Å². The number of furan rings is 1. The molecule has 0 atom stereocenters. The second kappa shape index (κ2) is 4.52. The van der Waals surface area contributed by atoms with Crippen LogP contribution in [0, 0.1) is 0 Å². The summed E-state index contributed by atoms with van der Waals surface area (Å²) >= 11 is 0. The van der Waals surface area contributed by atoms with E-state index in [9.17, 15) is 9.50 Å². The Bertz CT molecular complexity index is 952. The van der Waals surface area contributed by atoms with E-state index >= 15 is 0 Å². The molecule has 3 nitrogen and oxygen atoms in total. The van der Waals surface area contributed by atoms with Crippen LogP contribution in [0.25, 0.3) is 32.8 Å². The predicted molar refractivity (Wildman–Crippen MR) is 81.5 cm³/mol. The van der Waals surface area contributed by atoms with Crippen LogP contribution >= 0.6 is 0 Å². The van der Waals surface area contributed by atoms with Gasteiger partial charge in [0.15, 0.2) is 5.75 Å². The molecule has 0 radical (unpaired) electrons. The SMILES string of the molecule is Oc1coc2c1ccc1c2c2ccccc2n1CCCF. The van der Waals surface area contributed by atoms with E-state index in [2.05, 4.69) is 4.57 Å². The number of benzene rings is 2. The van der Waals surface area contributed by atoms with E-state index < -0.39 is 0 Å². The van der Waals surface area contributed by atoms with Crippen molar-refractivity contribution in [1.29, 1.82) is 0 Å². The number of aromatic hydroxyl groups is 1. The van der Waals surface area contributed by atoms with E-state index in [1.165, 1.54) is 6.26 Å². The molecule has 4 aromatic rings. The van der Waals surface area contributed by atoms with Crippen molar-refractivity contribution in [2.45, 2.75) is 13.0 Å². The lowest BCUT2D eigenvalue weighted by atomic mass is 10.1. The molecule has 0 aliphatic heterocycles. The Kier molecular flexibility index (Phi) is 2.64. The molecular weight excluding hydrogens is 269 g/mol. The number of aryl methyl sites for hydroxylation is 1. The van der Waals surface area contributed by atoms with Crippen LogP contribution in [-0.4, -0.2) is 16.3 Å². The molecular formula is C17H14FNO2. The molecule has 0 aliphatic carbocycles. The van der Waals surface area contributed by atoms with Crippen molar-refractivity contribution in [3.05, 3.63) is 42.7 Å². The molecule has 21 heavy (non-hydrogen) atoms. The van der Waals surface area contributed by atoms with Gasteiger partial charge in [0.25, 0.3) is 0 Å². The van der Waals surface area contributed by atoms with Gasteiger partial charge in [-0.3, -0.25) is 4.39 Å². The lowest BCUT2D eigenvalue weighted by Gasteiger charge is -2.05. The monoisotopic (exact) mass is 283 g/mol. The minimum Gasteiger partial charge on any atom is -0.504 e. The summed E-state index contributed by atoms with van der Waals surface area (Å²) in [5.41, 5.74) is 2.75. The summed E-state index contributed by atoms with van der Waals surface area (Å²) in [6.07, 6.45) is 1.84. The van der Waals surface area contributed by atoms with Gasteiger partial charge in [0.05, 0.1) is 23.0 Å². The van der Waals surface area contributed by atoms with Crippen molar-refractivity contribution >= 4 is 32.8 Å². The zero-order valence-electron chi connectivity index (χ0n) is 11.3. The zero-order chi connectivity index (χ0) is 14.4. The average Bonchev–Trinajstić information content (AvgIpc) is 3.04. The van der Waals surface area contributed by atoms with E-state index in [0.717, 1.165) is 21.8 Å². The van der Waals surface area contributed by atoms with Crippen LogP contribution in [0.15, 0.2) is 47.1 Å². The summed E-state index contributed by atoms with van der Waals surface area (Å²) < 4.78 is 20.2. The number of aromatic nitrogens is 1. The quantitative estimate of drug-likeness (QED) is 0.596. The van der Waals surface area contributed by atoms with Gasteiger partial charge in [0.2, 0.25) is 0 Å². The molecule has 0 fully saturated rings. The molecule has 2 heterocycles. The second-order valence-electron chi connectivity index (χ2n) is 5.17. The molecule has 1 N–H and O–H groups in total. The van der Waals surface area contributed by atoms with Crippen LogP contribution in [0.1, 0.15) is 6.42 Å². The van der Waals surface area contributed by atoms with Crippen LogP contribution < -0.4 is 0 Å². The Morgan fingerprint density at radius 3 is 2.76 bits per heavy atom. The van der Waals surface area contributed by atoms with Gasteiger partial charge in [-0.2, -0.15) is 0 Å². The first kappa shape index (κ1) is 12.3. The van der Waals surface area contributed by atoms with Crippen LogP contribution in [-0.2, 0) is 6.54 Å². The third-order valence-corrected chi connectivity index (χ3v) is 3.97. The van der Waals surface area contributed by atoms with Crippen LogP contribution in [0.2, 0.25) is 0 Å². The maximum absolute atomic E-state index is 12.6. The van der Waals surface area contributed by atoms with Gasteiger partial charge in [-0.15, -0.1) is 0 Å². The number of halogens is 1. The Morgan fingerprint density at radius 2 is 1.90 bits per heavy atom. The fourth-order valence-electron chi connectivity index (χ4n) is 3.07. The number of alkyl halides is 1. The van der Waals surface area contributed by atoms with Crippen LogP contribution in [0.5, 0.6) is 5.75 Å². The van der Waals surface area contributed by atoms with Gasteiger partial charge in [-0.1, -0.05) is 18.2 Å². The summed E-state index contributed by atoms with van der Waals surface area (Å²) in [5.74, 6) is 0.146. The molecule has 0 spiro atoms. The van der Waals surface area contributed by atoms with Gasteiger partial charge in [-0.05, 0) is 24.6 Å². The first-order valence-corrected chi connectivity index (χ1v) is 6.97. The average molecular weight is 283 g/mol. The summed E-state index contributed by atoms with van der Waals surface area (Å²) in [6.45, 7) is 0.288. The standard InChI is InChI=1S/C17H14FNO2/c18-8-3-9-19-13-5-2-1-4-11(13)16-14(19)7-6-12-15(20)10-21-17(12)16/h1-2,4-7,10,20H,3,8-9H2. The number of para-hydroxylation sites is 1. The molecule has 2 aromatic heterocycles. The highest BCUT2D eigenvalue weighted by Gasteiger charge is 2.16. The smallest absolute Gasteiger partial charge is 0.161 e. The summed E-state index contributed by atoms with van der Waals surface area (Å²) in [4.78, 5) is 0. The minimum absolute atomic E-state index is 0.146. The molecule has 0 saturated carbocycles. The lowest BCUT2D eigenvalue weighted by molar-refractivity contribution is 0.452. The lowest BCUT2D eigenvalue weighted by Crippen LogP contribution is -1.98. The van der Waals surface area contributed by atoms with E-state index in [4.69, 9.17) is 4.42 Å². The van der Waals surface area contributed by atoms with Gasteiger partial charge in [-0.25, -0.2) is 0 Å². The summed E-state index contributed by atoms with van der Waals surface area (Å²) in [6, 6.07) is 11.8. The largest absolute Gasteiger partial charge is 0.504 e. The molecule has 0 amide bonds. The molecule has 2 aromatic carbocycles. The molecule has 0 bridgehead atoms. The third kappa shape index (κ3) is 1.65. The van der Waals surface area contributed by atoms with Gasteiger partial charge in [0, 0.05) is 17.4 Å². The second-order valence-corrected chi connectivity index (χ2v) is 5.17. The predicted octanol–water partition coefficient (Wildman–Crippen LogP) is 4.61. The van der Waals surface area contributed by atoms with E-state index in [-0.39, 0.29) is 12.4 Å². The maximum Gasteiger partial charge on any atom is 0.161 e. The van der Waals surface area contributed by atoms with Crippen molar-refractivity contribution in [2.24, 2.45) is 0 Å². The van der Waals surface area contributed by atoms with Crippen LogP contribution in [0.3, 0.4) is 0 Å². The topological polar surface area (TPSA) is 38.3 Å². The highest BCUT2D eigenvalue weighted by Crippen LogP contribution is 2.38. The molecule has 4 rings (SSSR count). The summed E-state index contributed by atoms with van der Waals surface area (Å²) in [7, 11) is 0. The van der Waals surface area contributed by atoms with Gasteiger partial charge in [0.1, 0.15) is 11.8 Å². The van der Waals surface area contributed by atoms with Gasteiger partial charge >= 0.3 is 0 Å². The van der Waals surface area contributed by atoms with Gasteiger partial charge < -0.3 is 14.1 Å². The fraction of sp³-hybridized carbons (Fsp3) is 0.176. The number of rotatable bonds is 3. The normalized spacial score (nSPS) is 11.9. The van der Waals surface area contributed by atoms with Crippen molar-refractivity contribution in [3.63, 3.8) is 0 Å².